The van der Waals surface area contributed by atoms with Gasteiger partial charge in [-0.15, -0.1) is 10.2 Å². The Balaban J connectivity index is 1.85. The van der Waals surface area contributed by atoms with Gasteiger partial charge in [-0.25, -0.2) is 9.37 Å². The summed E-state index contributed by atoms with van der Waals surface area (Å²) in [6.45, 7) is 2.92. The molecule has 0 unspecified atom stereocenters. The molecular weight excluding hydrogens is 283 g/mol. The largest absolute Gasteiger partial charge is 0.378 e. The Bertz CT molecular complexity index is 602. The van der Waals surface area contributed by atoms with Gasteiger partial charge in [-0.3, -0.25) is 0 Å². The molecule has 104 valence electrons. The Kier molecular flexibility index (Phi) is 3.75. The van der Waals surface area contributed by atoms with Gasteiger partial charge in [0.05, 0.1) is 24.5 Å². The van der Waals surface area contributed by atoms with Gasteiger partial charge in [0.25, 0.3) is 0 Å². The fourth-order valence-electron chi connectivity index (χ4n) is 2.03. The molecule has 3 heterocycles. The highest BCUT2D eigenvalue weighted by atomic mass is 35.5. The molecular formula is C13H12ClFN4O. The first kappa shape index (κ1) is 13.2. The zero-order valence-corrected chi connectivity index (χ0v) is 11.3. The van der Waals surface area contributed by atoms with Crippen LogP contribution in [0.5, 0.6) is 0 Å². The Morgan fingerprint density at radius 3 is 2.65 bits per heavy atom. The molecule has 0 aliphatic carbocycles. The zero-order valence-electron chi connectivity index (χ0n) is 10.6. The molecule has 0 amide bonds. The molecule has 5 nitrogen and oxygen atoms in total. The molecule has 7 heteroatoms. The van der Waals surface area contributed by atoms with E-state index in [-0.39, 0.29) is 10.7 Å². The molecule has 2 aromatic rings. The number of nitrogens with zero attached hydrogens (tertiary/aromatic N) is 4. The van der Waals surface area contributed by atoms with Crippen molar-refractivity contribution in [3.05, 3.63) is 35.4 Å². The minimum atomic E-state index is -0.460. The molecule has 1 aliphatic heterocycles. The van der Waals surface area contributed by atoms with Crippen LogP contribution >= 0.6 is 11.6 Å². The van der Waals surface area contributed by atoms with Gasteiger partial charge in [-0.1, -0.05) is 11.6 Å². The van der Waals surface area contributed by atoms with Crippen LogP contribution in [0.2, 0.25) is 5.15 Å². The number of halogens is 2. The van der Waals surface area contributed by atoms with Gasteiger partial charge in [-0.2, -0.15) is 0 Å². The number of morpholine rings is 1. The lowest BCUT2D eigenvalue weighted by Gasteiger charge is -2.27. The van der Waals surface area contributed by atoms with E-state index >= 15 is 0 Å². The van der Waals surface area contributed by atoms with Crippen LogP contribution in [0.25, 0.3) is 11.3 Å². The number of pyridine rings is 1. The molecule has 0 spiro atoms. The van der Waals surface area contributed by atoms with Gasteiger partial charge in [0.15, 0.2) is 5.82 Å². The topological polar surface area (TPSA) is 51.1 Å². The minimum Gasteiger partial charge on any atom is -0.378 e. The van der Waals surface area contributed by atoms with Crippen molar-refractivity contribution in [3.63, 3.8) is 0 Å². The van der Waals surface area contributed by atoms with E-state index in [4.69, 9.17) is 16.3 Å². The first-order valence-corrected chi connectivity index (χ1v) is 6.60. The summed E-state index contributed by atoms with van der Waals surface area (Å²) in [5.41, 5.74) is 0.721. The normalized spacial score (nSPS) is 15.4. The fraction of sp³-hybridized carbons (Fsp3) is 0.308. The third kappa shape index (κ3) is 2.71. The summed E-state index contributed by atoms with van der Waals surface area (Å²) in [5.74, 6) is 0.304. The quantitative estimate of drug-likeness (QED) is 0.795. The van der Waals surface area contributed by atoms with E-state index in [9.17, 15) is 4.39 Å². The summed E-state index contributed by atoms with van der Waals surface area (Å²) >= 11 is 5.63. The van der Waals surface area contributed by atoms with Crippen molar-refractivity contribution in [3.8, 4) is 11.3 Å². The van der Waals surface area contributed by atoms with Crippen molar-refractivity contribution in [2.75, 3.05) is 31.2 Å². The Labute approximate surface area is 120 Å². The summed E-state index contributed by atoms with van der Waals surface area (Å²) in [6, 6.07) is 4.71. The van der Waals surface area contributed by atoms with Crippen LogP contribution in [0.4, 0.5) is 10.2 Å². The number of hydrogen-bond acceptors (Lipinski definition) is 5. The molecule has 3 rings (SSSR count). The van der Waals surface area contributed by atoms with Crippen LogP contribution in [0.15, 0.2) is 24.4 Å². The summed E-state index contributed by atoms with van der Waals surface area (Å²) in [7, 11) is 0. The van der Waals surface area contributed by atoms with Gasteiger partial charge in [-0.05, 0) is 12.1 Å². The van der Waals surface area contributed by atoms with Crippen LogP contribution in [0.3, 0.4) is 0 Å². The molecule has 0 atom stereocenters. The van der Waals surface area contributed by atoms with E-state index in [1.54, 1.807) is 6.07 Å². The molecule has 2 aromatic heterocycles. The van der Waals surface area contributed by atoms with Crippen molar-refractivity contribution >= 4 is 17.4 Å². The SMILES string of the molecule is Fc1cc(Cl)ncc1-c1ccc(N2CCOCC2)nn1. The van der Waals surface area contributed by atoms with Crippen LogP contribution in [-0.4, -0.2) is 41.5 Å². The highest BCUT2D eigenvalue weighted by Crippen LogP contribution is 2.22. The predicted molar refractivity (Wildman–Crippen MR) is 73.3 cm³/mol. The van der Waals surface area contributed by atoms with Crippen molar-refractivity contribution in [2.45, 2.75) is 0 Å². The van der Waals surface area contributed by atoms with E-state index in [0.29, 0.717) is 18.9 Å². The molecule has 0 N–H and O–H groups in total. The molecule has 1 saturated heterocycles. The highest BCUT2D eigenvalue weighted by molar-refractivity contribution is 6.29. The van der Waals surface area contributed by atoms with Crippen molar-refractivity contribution < 1.29 is 9.13 Å². The Morgan fingerprint density at radius 2 is 2.00 bits per heavy atom. The molecule has 1 fully saturated rings. The highest BCUT2D eigenvalue weighted by Gasteiger charge is 2.14. The van der Waals surface area contributed by atoms with E-state index in [1.807, 2.05) is 6.07 Å². The summed E-state index contributed by atoms with van der Waals surface area (Å²) in [5, 5.41) is 8.31. The summed E-state index contributed by atoms with van der Waals surface area (Å²) < 4.78 is 19.1. The first-order chi connectivity index (χ1) is 9.74. The second-order valence-corrected chi connectivity index (χ2v) is 4.75. The van der Waals surface area contributed by atoms with Crippen LogP contribution in [0, 0.1) is 5.82 Å². The summed E-state index contributed by atoms with van der Waals surface area (Å²) in [4.78, 5) is 5.94. The maximum absolute atomic E-state index is 13.8. The smallest absolute Gasteiger partial charge is 0.151 e. The average molecular weight is 295 g/mol. The molecule has 0 aromatic carbocycles. The maximum atomic E-state index is 13.8. The van der Waals surface area contributed by atoms with Crippen molar-refractivity contribution in [2.24, 2.45) is 0 Å². The van der Waals surface area contributed by atoms with E-state index in [1.165, 1.54) is 6.20 Å². The lowest BCUT2D eigenvalue weighted by atomic mass is 10.2. The monoisotopic (exact) mass is 294 g/mol. The number of aromatic nitrogens is 3. The third-order valence-corrected chi connectivity index (χ3v) is 3.29. The third-order valence-electron chi connectivity index (χ3n) is 3.08. The van der Waals surface area contributed by atoms with Crippen molar-refractivity contribution in [1.82, 2.24) is 15.2 Å². The molecule has 0 bridgehead atoms. The van der Waals surface area contributed by atoms with Crippen molar-refractivity contribution in [1.29, 1.82) is 0 Å². The lowest BCUT2D eigenvalue weighted by molar-refractivity contribution is 0.122. The maximum Gasteiger partial charge on any atom is 0.151 e. The minimum absolute atomic E-state index is 0.115. The fourth-order valence-corrected chi connectivity index (χ4v) is 2.17. The van der Waals surface area contributed by atoms with Crippen LogP contribution in [-0.2, 0) is 4.74 Å². The van der Waals surface area contributed by atoms with Gasteiger partial charge >= 0.3 is 0 Å². The van der Waals surface area contributed by atoms with E-state index in [0.717, 1.165) is 25.0 Å². The molecule has 0 radical (unpaired) electrons. The summed E-state index contributed by atoms with van der Waals surface area (Å²) in [6.07, 6.45) is 1.36. The van der Waals surface area contributed by atoms with Crippen LogP contribution in [0.1, 0.15) is 0 Å². The van der Waals surface area contributed by atoms with Gasteiger partial charge < -0.3 is 9.64 Å². The Morgan fingerprint density at radius 1 is 1.20 bits per heavy atom. The number of anilines is 1. The molecule has 1 aliphatic rings. The first-order valence-electron chi connectivity index (χ1n) is 6.22. The predicted octanol–water partition coefficient (Wildman–Crippen LogP) is 2.17. The second kappa shape index (κ2) is 5.68. The lowest BCUT2D eigenvalue weighted by Crippen LogP contribution is -2.36. The van der Waals surface area contributed by atoms with Gasteiger partial charge in [0.1, 0.15) is 11.0 Å². The number of rotatable bonds is 2. The average Bonchev–Trinajstić information content (AvgIpc) is 2.48. The number of hydrogen-bond donors (Lipinski definition) is 0. The van der Waals surface area contributed by atoms with Crippen LogP contribution < -0.4 is 4.90 Å². The zero-order chi connectivity index (χ0) is 13.9. The van der Waals surface area contributed by atoms with Gasteiger partial charge in [0.2, 0.25) is 0 Å². The Hall–Kier alpha value is -1.79. The van der Waals surface area contributed by atoms with E-state index < -0.39 is 5.82 Å². The molecule has 20 heavy (non-hydrogen) atoms. The number of ether oxygens (including phenoxy) is 1. The standard InChI is InChI=1S/C13H12ClFN4O/c14-12-7-10(15)9(8-16-12)11-1-2-13(18-17-11)19-3-5-20-6-4-19/h1-2,7-8H,3-6H2. The van der Waals surface area contributed by atoms with E-state index in [2.05, 4.69) is 20.1 Å². The molecule has 0 saturated carbocycles. The second-order valence-electron chi connectivity index (χ2n) is 4.36. The van der Waals surface area contributed by atoms with Gasteiger partial charge in [0, 0.05) is 25.4 Å².